The van der Waals surface area contributed by atoms with E-state index in [-0.39, 0.29) is 0 Å². The zero-order chi connectivity index (χ0) is 10.8. The maximum Gasteiger partial charge on any atom is 0.123 e. The van der Waals surface area contributed by atoms with Gasteiger partial charge in [0.2, 0.25) is 0 Å². The molecule has 2 aromatic rings. The average Bonchev–Trinajstić information content (AvgIpc) is 2.23. The fraction of sp³-hybridized carbons (Fsp3) is 0.143. The highest BCUT2D eigenvalue weighted by Gasteiger charge is 2.05. The van der Waals surface area contributed by atoms with E-state index in [0.717, 1.165) is 11.1 Å². The first kappa shape index (κ1) is 9.78. The SMILES string of the molecule is Cc1ccc(C)c(-c2ccccc2O)c1. The molecule has 0 saturated carbocycles. The summed E-state index contributed by atoms with van der Waals surface area (Å²) in [5, 5.41) is 9.78. The third kappa shape index (κ3) is 1.86. The van der Waals surface area contributed by atoms with Crippen LogP contribution in [-0.2, 0) is 0 Å². The van der Waals surface area contributed by atoms with E-state index in [1.165, 1.54) is 11.1 Å². The summed E-state index contributed by atoms with van der Waals surface area (Å²) < 4.78 is 0. The van der Waals surface area contributed by atoms with E-state index in [0.29, 0.717) is 5.75 Å². The van der Waals surface area contributed by atoms with Crippen molar-refractivity contribution in [3.8, 4) is 16.9 Å². The maximum atomic E-state index is 9.78. The number of phenolic OH excluding ortho intramolecular Hbond substituents is 1. The van der Waals surface area contributed by atoms with Crippen LogP contribution in [0.15, 0.2) is 42.5 Å². The Morgan fingerprint density at radius 2 is 1.60 bits per heavy atom. The Morgan fingerprint density at radius 1 is 0.867 bits per heavy atom. The van der Waals surface area contributed by atoms with Gasteiger partial charge >= 0.3 is 0 Å². The molecule has 0 spiro atoms. The van der Waals surface area contributed by atoms with Gasteiger partial charge in [-0.1, -0.05) is 42.0 Å². The Balaban J connectivity index is 2.64. The summed E-state index contributed by atoms with van der Waals surface area (Å²) in [5.41, 5.74) is 4.40. The second-order valence-electron chi connectivity index (χ2n) is 3.84. The molecule has 0 radical (unpaired) electrons. The van der Waals surface area contributed by atoms with E-state index >= 15 is 0 Å². The predicted octanol–water partition coefficient (Wildman–Crippen LogP) is 3.68. The molecule has 1 nitrogen and oxygen atoms in total. The lowest BCUT2D eigenvalue weighted by Gasteiger charge is -2.08. The van der Waals surface area contributed by atoms with Crippen molar-refractivity contribution < 1.29 is 5.11 Å². The highest BCUT2D eigenvalue weighted by Crippen LogP contribution is 2.31. The molecular formula is C14H14O. The molecule has 2 rings (SSSR count). The molecule has 0 aromatic heterocycles. The smallest absolute Gasteiger partial charge is 0.123 e. The van der Waals surface area contributed by atoms with Crippen LogP contribution in [-0.4, -0.2) is 5.11 Å². The molecule has 0 atom stereocenters. The van der Waals surface area contributed by atoms with Crippen LogP contribution in [0.2, 0.25) is 0 Å². The normalized spacial score (nSPS) is 10.3. The Morgan fingerprint density at radius 3 is 2.33 bits per heavy atom. The zero-order valence-corrected chi connectivity index (χ0v) is 8.99. The molecule has 0 bridgehead atoms. The highest BCUT2D eigenvalue weighted by molar-refractivity contribution is 5.73. The number of rotatable bonds is 1. The van der Waals surface area contributed by atoms with E-state index in [1.807, 2.05) is 18.2 Å². The number of para-hydroxylation sites is 1. The number of aromatic hydroxyl groups is 1. The Kier molecular flexibility index (Phi) is 2.46. The Bertz CT molecular complexity index is 486. The van der Waals surface area contributed by atoms with Crippen molar-refractivity contribution in [2.45, 2.75) is 13.8 Å². The predicted molar refractivity (Wildman–Crippen MR) is 63.0 cm³/mol. The maximum absolute atomic E-state index is 9.78. The van der Waals surface area contributed by atoms with E-state index < -0.39 is 0 Å². The molecule has 0 saturated heterocycles. The van der Waals surface area contributed by atoms with Crippen LogP contribution >= 0.6 is 0 Å². The van der Waals surface area contributed by atoms with Gasteiger partial charge in [-0.25, -0.2) is 0 Å². The van der Waals surface area contributed by atoms with Gasteiger partial charge in [0.15, 0.2) is 0 Å². The summed E-state index contributed by atoms with van der Waals surface area (Å²) in [7, 11) is 0. The number of phenols is 1. The van der Waals surface area contributed by atoms with Crippen LogP contribution in [0.5, 0.6) is 5.75 Å². The minimum Gasteiger partial charge on any atom is -0.507 e. The van der Waals surface area contributed by atoms with E-state index in [4.69, 9.17) is 0 Å². The molecule has 0 aliphatic carbocycles. The second-order valence-corrected chi connectivity index (χ2v) is 3.84. The van der Waals surface area contributed by atoms with Gasteiger partial charge in [-0.2, -0.15) is 0 Å². The minimum atomic E-state index is 0.339. The van der Waals surface area contributed by atoms with Crippen molar-refractivity contribution >= 4 is 0 Å². The van der Waals surface area contributed by atoms with Gasteiger partial charge < -0.3 is 5.11 Å². The quantitative estimate of drug-likeness (QED) is 0.741. The summed E-state index contributed by atoms with van der Waals surface area (Å²) in [5.74, 6) is 0.339. The Labute approximate surface area is 90.0 Å². The fourth-order valence-corrected chi connectivity index (χ4v) is 1.73. The van der Waals surface area contributed by atoms with Crippen LogP contribution < -0.4 is 0 Å². The molecule has 76 valence electrons. The van der Waals surface area contributed by atoms with Crippen molar-refractivity contribution in [3.05, 3.63) is 53.6 Å². The topological polar surface area (TPSA) is 20.2 Å². The van der Waals surface area contributed by atoms with Crippen molar-refractivity contribution in [1.82, 2.24) is 0 Å². The van der Waals surface area contributed by atoms with Crippen LogP contribution in [0.4, 0.5) is 0 Å². The molecule has 1 N–H and O–H groups in total. The molecule has 1 heteroatoms. The van der Waals surface area contributed by atoms with E-state index in [9.17, 15) is 5.11 Å². The van der Waals surface area contributed by atoms with Gasteiger partial charge in [-0.05, 0) is 31.0 Å². The second kappa shape index (κ2) is 3.77. The van der Waals surface area contributed by atoms with Gasteiger partial charge in [0.1, 0.15) is 5.75 Å². The van der Waals surface area contributed by atoms with Crippen molar-refractivity contribution in [3.63, 3.8) is 0 Å². The van der Waals surface area contributed by atoms with Gasteiger partial charge in [-0.3, -0.25) is 0 Å². The van der Waals surface area contributed by atoms with E-state index in [1.54, 1.807) is 6.07 Å². The monoisotopic (exact) mass is 198 g/mol. The number of aryl methyl sites for hydroxylation is 2. The lowest BCUT2D eigenvalue weighted by Crippen LogP contribution is -1.85. The first-order chi connectivity index (χ1) is 7.18. The summed E-state index contributed by atoms with van der Waals surface area (Å²) in [6.45, 7) is 4.12. The minimum absolute atomic E-state index is 0.339. The molecule has 0 unspecified atom stereocenters. The third-order valence-corrected chi connectivity index (χ3v) is 2.59. The zero-order valence-electron chi connectivity index (χ0n) is 8.99. The van der Waals surface area contributed by atoms with Crippen molar-refractivity contribution in [1.29, 1.82) is 0 Å². The van der Waals surface area contributed by atoms with Crippen LogP contribution in [0.25, 0.3) is 11.1 Å². The molecule has 15 heavy (non-hydrogen) atoms. The number of benzene rings is 2. The Hall–Kier alpha value is -1.76. The number of hydrogen-bond acceptors (Lipinski definition) is 1. The van der Waals surface area contributed by atoms with Gasteiger partial charge in [0.05, 0.1) is 0 Å². The summed E-state index contributed by atoms with van der Waals surface area (Å²) >= 11 is 0. The summed E-state index contributed by atoms with van der Waals surface area (Å²) in [6, 6.07) is 13.7. The average molecular weight is 198 g/mol. The molecule has 0 fully saturated rings. The van der Waals surface area contributed by atoms with Crippen LogP contribution in [0, 0.1) is 13.8 Å². The van der Waals surface area contributed by atoms with Crippen LogP contribution in [0.1, 0.15) is 11.1 Å². The molecule has 0 heterocycles. The summed E-state index contributed by atoms with van der Waals surface area (Å²) in [6.07, 6.45) is 0. The molecule has 0 aliphatic heterocycles. The summed E-state index contributed by atoms with van der Waals surface area (Å²) in [4.78, 5) is 0. The standard InChI is InChI=1S/C14H14O/c1-10-7-8-11(2)13(9-10)12-5-3-4-6-14(12)15/h3-9,15H,1-2H3. The highest BCUT2D eigenvalue weighted by atomic mass is 16.3. The first-order valence-corrected chi connectivity index (χ1v) is 5.04. The van der Waals surface area contributed by atoms with Gasteiger partial charge in [0.25, 0.3) is 0 Å². The third-order valence-electron chi connectivity index (χ3n) is 2.59. The molecule has 0 aliphatic rings. The van der Waals surface area contributed by atoms with Gasteiger partial charge in [0, 0.05) is 5.56 Å². The van der Waals surface area contributed by atoms with Crippen LogP contribution in [0.3, 0.4) is 0 Å². The molecule has 2 aromatic carbocycles. The largest absolute Gasteiger partial charge is 0.507 e. The lowest BCUT2D eigenvalue weighted by atomic mass is 9.98. The van der Waals surface area contributed by atoms with Crippen molar-refractivity contribution in [2.24, 2.45) is 0 Å². The fourth-order valence-electron chi connectivity index (χ4n) is 1.73. The lowest BCUT2D eigenvalue weighted by molar-refractivity contribution is 0.477. The number of hydrogen-bond donors (Lipinski definition) is 1. The molecule has 0 amide bonds. The van der Waals surface area contributed by atoms with E-state index in [2.05, 4.69) is 32.0 Å². The van der Waals surface area contributed by atoms with Gasteiger partial charge in [-0.15, -0.1) is 0 Å². The first-order valence-electron chi connectivity index (χ1n) is 5.04. The molecular weight excluding hydrogens is 184 g/mol. The van der Waals surface area contributed by atoms with Crippen molar-refractivity contribution in [2.75, 3.05) is 0 Å².